The summed E-state index contributed by atoms with van der Waals surface area (Å²) in [7, 11) is 2.94. The van der Waals surface area contributed by atoms with E-state index in [2.05, 4.69) is 0 Å². The van der Waals surface area contributed by atoms with E-state index in [1.807, 2.05) is 0 Å². The molecule has 0 aromatic heterocycles. The number of carbonyl (C=O) groups is 2. The molecule has 5 nitrogen and oxygen atoms in total. The van der Waals surface area contributed by atoms with Crippen LogP contribution in [0.4, 0.5) is 0 Å². The fourth-order valence-corrected chi connectivity index (χ4v) is 2.55. The molecule has 126 valence electrons. The molecule has 0 heterocycles. The molecular weight excluding hydrogens is 355 g/mol. The van der Waals surface area contributed by atoms with Gasteiger partial charge in [-0.1, -0.05) is 29.3 Å². The van der Waals surface area contributed by atoms with Gasteiger partial charge in [-0.3, -0.25) is 4.79 Å². The van der Waals surface area contributed by atoms with E-state index < -0.39 is 18.4 Å². The Morgan fingerprint density at radius 3 is 2.25 bits per heavy atom. The van der Waals surface area contributed by atoms with Crippen molar-refractivity contribution in [3.63, 3.8) is 0 Å². The third-order valence-electron chi connectivity index (χ3n) is 3.21. The van der Waals surface area contributed by atoms with Crippen molar-refractivity contribution in [1.29, 1.82) is 0 Å². The number of rotatable bonds is 6. The summed E-state index contributed by atoms with van der Waals surface area (Å²) in [5.41, 5.74) is 0.298. The molecule has 0 radical (unpaired) electrons. The number of esters is 1. The Hall–Kier alpha value is -2.24. The monoisotopic (exact) mass is 368 g/mol. The third-order valence-corrected chi connectivity index (χ3v) is 3.84. The molecule has 0 unspecified atom stereocenters. The van der Waals surface area contributed by atoms with Crippen LogP contribution in [0.25, 0.3) is 0 Å². The van der Waals surface area contributed by atoms with Crippen LogP contribution in [-0.2, 0) is 4.74 Å². The van der Waals surface area contributed by atoms with Crippen LogP contribution in [0.3, 0.4) is 0 Å². The van der Waals surface area contributed by atoms with Gasteiger partial charge in [0.15, 0.2) is 6.61 Å². The zero-order valence-corrected chi connectivity index (χ0v) is 14.5. The van der Waals surface area contributed by atoms with Gasteiger partial charge in [0.05, 0.1) is 35.4 Å². The fraction of sp³-hybridized carbons (Fsp3) is 0.176. The average Bonchev–Trinajstić information content (AvgIpc) is 2.58. The van der Waals surface area contributed by atoms with Gasteiger partial charge in [0, 0.05) is 6.07 Å². The minimum absolute atomic E-state index is 0.0235. The van der Waals surface area contributed by atoms with Gasteiger partial charge in [0.25, 0.3) is 0 Å². The maximum atomic E-state index is 12.3. The Labute approximate surface area is 149 Å². The van der Waals surface area contributed by atoms with E-state index in [0.717, 1.165) is 0 Å². The van der Waals surface area contributed by atoms with Crippen LogP contribution in [0.15, 0.2) is 36.4 Å². The number of ketones is 1. The van der Waals surface area contributed by atoms with Crippen LogP contribution >= 0.6 is 23.2 Å². The molecule has 0 amide bonds. The summed E-state index contributed by atoms with van der Waals surface area (Å²) in [4.78, 5) is 24.3. The Morgan fingerprint density at radius 1 is 1.00 bits per heavy atom. The lowest BCUT2D eigenvalue weighted by Gasteiger charge is -2.10. The van der Waals surface area contributed by atoms with Gasteiger partial charge in [0.2, 0.25) is 5.78 Å². The Kier molecular flexibility index (Phi) is 6.06. The summed E-state index contributed by atoms with van der Waals surface area (Å²) < 4.78 is 15.2. The van der Waals surface area contributed by atoms with Gasteiger partial charge < -0.3 is 14.2 Å². The summed E-state index contributed by atoms with van der Waals surface area (Å²) in [6.07, 6.45) is 0. The van der Waals surface area contributed by atoms with Gasteiger partial charge in [0.1, 0.15) is 11.5 Å². The molecule has 0 N–H and O–H groups in total. The number of carbonyl (C=O) groups excluding carboxylic acids is 2. The molecule has 2 aromatic carbocycles. The molecule has 0 fully saturated rings. The van der Waals surface area contributed by atoms with Crippen LogP contribution < -0.4 is 9.47 Å². The fourth-order valence-electron chi connectivity index (χ4n) is 2.00. The Morgan fingerprint density at radius 2 is 1.67 bits per heavy atom. The number of methoxy groups -OCH3 is 2. The Balaban J connectivity index is 2.12. The molecule has 0 atom stereocenters. The first-order valence-corrected chi connectivity index (χ1v) is 7.60. The van der Waals surface area contributed by atoms with Gasteiger partial charge in [-0.05, 0) is 24.3 Å². The topological polar surface area (TPSA) is 61.8 Å². The van der Waals surface area contributed by atoms with E-state index in [9.17, 15) is 9.59 Å². The van der Waals surface area contributed by atoms with E-state index >= 15 is 0 Å². The van der Waals surface area contributed by atoms with Gasteiger partial charge in [-0.25, -0.2) is 4.79 Å². The van der Waals surface area contributed by atoms with Crippen LogP contribution in [0.2, 0.25) is 10.0 Å². The quantitative estimate of drug-likeness (QED) is 0.568. The average molecular weight is 369 g/mol. The summed E-state index contributed by atoms with van der Waals surface area (Å²) in [5, 5.41) is 0.309. The van der Waals surface area contributed by atoms with Crippen molar-refractivity contribution < 1.29 is 23.8 Å². The molecule has 0 aliphatic heterocycles. The minimum Gasteiger partial charge on any atom is -0.497 e. The molecule has 2 rings (SSSR count). The zero-order valence-electron chi connectivity index (χ0n) is 13.0. The summed E-state index contributed by atoms with van der Waals surface area (Å²) in [6, 6.07) is 9.35. The minimum atomic E-state index is -0.772. The summed E-state index contributed by atoms with van der Waals surface area (Å²) in [5.74, 6) is -0.327. The maximum Gasteiger partial charge on any atom is 0.341 e. The second-order valence-corrected chi connectivity index (χ2v) is 5.48. The summed E-state index contributed by atoms with van der Waals surface area (Å²) in [6.45, 7) is -0.469. The number of hydrogen-bond acceptors (Lipinski definition) is 5. The number of ether oxygens (including phenoxy) is 3. The highest BCUT2D eigenvalue weighted by Gasteiger charge is 2.19. The first kappa shape index (κ1) is 18.1. The van der Waals surface area contributed by atoms with Gasteiger partial charge in [-0.2, -0.15) is 0 Å². The van der Waals surface area contributed by atoms with Gasteiger partial charge >= 0.3 is 5.97 Å². The van der Waals surface area contributed by atoms with E-state index in [1.165, 1.54) is 32.4 Å². The molecule has 0 saturated heterocycles. The van der Waals surface area contributed by atoms with Crippen molar-refractivity contribution in [2.45, 2.75) is 0 Å². The Bertz CT molecular complexity index is 753. The lowest BCUT2D eigenvalue weighted by atomic mass is 10.1. The van der Waals surface area contributed by atoms with E-state index in [0.29, 0.717) is 11.5 Å². The standard InChI is InChI=1S/C17H14Cl2O5/c1-22-10-6-7-11(15(8-10)23-2)14(20)9-24-17(21)16-12(18)4-3-5-13(16)19/h3-8H,9H2,1-2H3. The highest BCUT2D eigenvalue weighted by molar-refractivity contribution is 6.39. The van der Waals surface area contributed by atoms with Crippen molar-refractivity contribution in [1.82, 2.24) is 0 Å². The second-order valence-electron chi connectivity index (χ2n) is 4.66. The van der Waals surface area contributed by atoms with Crippen molar-refractivity contribution >= 4 is 35.0 Å². The van der Waals surface area contributed by atoms with Crippen molar-refractivity contribution in [3.05, 3.63) is 57.6 Å². The highest BCUT2D eigenvalue weighted by Crippen LogP contribution is 2.27. The van der Waals surface area contributed by atoms with Crippen molar-refractivity contribution in [2.75, 3.05) is 20.8 Å². The molecule has 0 aliphatic rings. The molecule has 7 heteroatoms. The van der Waals surface area contributed by atoms with Crippen LogP contribution in [0, 0.1) is 0 Å². The smallest absolute Gasteiger partial charge is 0.341 e. The molecule has 0 aliphatic carbocycles. The van der Waals surface area contributed by atoms with Crippen molar-refractivity contribution in [2.24, 2.45) is 0 Å². The van der Waals surface area contributed by atoms with E-state index in [1.54, 1.807) is 18.2 Å². The maximum absolute atomic E-state index is 12.3. The normalized spacial score (nSPS) is 10.2. The first-order chi connectivity index (χ1) is 11.5. The SMILES string of the molecule is COc1ccc(C(=O)COC(=O)c2c(Cl)cccc2Cl)c(OC)c1. The van der Waals surface area contributed by atoms with E-state index in [-0.39, 0.29) is 21.2 Å². The number of Topliss-reactive ketones (excluding diaryl/α,β-unsaturated/α-hetero) is 1. The van der Waals surface area contributed by atoms with Crippen LogP contribution in [0.1, 0.15) is 20.7 Å². The van der Waals surface area contributed by atoms with Crippen LogP contribution in [0.5, 0.6) is 11.5 Å². The summed E-state index contributed by atoms with van der Waals surface area (Å²) >= 11 is 11.9. The predicted octanol–water partition coefficient (Wildman–Crippen LogP) is 4.05. The zero-order chi connectivity index (χ0) is 17.7. The lowest BCUT2D eigenvalue weighted by Crippen LogP contribution is -2.15. The molecule has 0 spiro atoms. The first-order valence-electron chi connectivity index (χ1n) is 6.84. The van der Waals surface area contributed by atoms with E-state index in [4.69, 9.17) is 37.4 Å². The predicted molar refractivity (Wildman–Crippen MR) is 90.6 cm³/mol. The lowest BCUT2D eigenvalue weighted by molar-refractivity contribution is 0.0474. The molecular formula is C17H14Cl2O5. The second kappa shape index (κ2) is 8.04. The molecule has 2 aromatic rings. The number of benzene rings is 2. The van der Waals surface area contributed by atoms with Gasteiger partial charge in [-0.15, -0.1) is 0 Å². The number of hydrogen-bond donors (Lipinski definition) is 0. The molecule has 0 saturated carbocycles. The third kappa shape index (κ3) is 3.99. The molecule has 0 bridgehead atoms. The molecule has 24 heavy (non-hydrogen) atoms. The highest BCUT2D eigenvalue weighted by atomic mass is 35.5. The van der Waals surface area contributed by atoms with Crippen molar-refractivity contribution in [3.8, 4) is 11.5 Å². The van der Waals surface area contributed by atoms with Crippen LogP contribution in [-0.4, -0.2) is 32.6 Å². The largest absolute Gasteiger partial charge is 0.497 e. The number of halogens is 2.